The molecule has 0 spiro atoms. The van der Waals surface area contributed by atoms with Crippen molar-refractivity contribution < 1.29 is 113 Å². The molecule has 0 amide bonds. The van der Waals surface area contributed by atoms with Gasteiger partial charge in [-0.15, -0.1) is 0 Å². The average Bonchev–Trinajstić information content (AvgIpc) is 3.42. The second-order valence-electron chi connectivity index (χ2n) is 21.5. The van der Waals surface area contributed by atoms with Crippen molar-refractivity contribution in [1.29, 1.82) is 0 Å². The standard InChI is InChI=1S/C54H101O23P/c1-3-5-7-9-11-13-15-17-19-20-22-24-26-28-30-39(57)70-34-36(72-40(58)31-29-27-25-23-21-18-16-14-12-10-8-6-4-2)35-71-78(68,69)77-52-50(75-53-48(66)43(61)41(59)37(32-55)73-53)46(64)45(63)47(65)51(52)76-54-49(67)44(62)42(60)38(33-56)74-54/h36-38,41-56,59-67H,3-35H2,1-2H3,(H,68,69). The van der Waals surface area contributed by atoms with Crippen LogP contribution in [0.1, 0.15) is 200 Å². The first kappa shape index (κ1) is 70.7. The fourth-order valence-corrected chi connectivity index (χ4v) is 11.0. The van der Waals surface area contributed by atoms with E-state index in [1.165, 1.54) is 103 Å². The van der Waals surface area contributed by atoms with E-state index < -0.39 is 150 Å². The van der Waals surface area contributed by atoms with E-state index in [1.807, 2.05) is 0 Å². The molecule has 16 atom stereocenters. The summed E-state index contributed by atoms with van der Waals surface area (Å²) in [5.74, 6) is -1.32. The van der Waals surface area contributed by atoms with Gasteiger partial charge in [-0.2, -0.15) is 0 Å². The number of esters is 2. The Kier molecular flexibility index (Phi) is 36.1. The Morgan fingerprint density at radius 1 is 0.436 bits per heavy atom. The number of phosphoric ester groups is 1. The number of rotatable bonds is 43. The van der Waals surface area contributed by atoms with E-state index in [9.17, 15) is 75.2 Å². The zero-order valence-corrected chi connectivity index (χ0v) is 47.3. The van der Waals surface area contributed by atoms with Gasteiger partial charge in [0.25, 0.3) is 0 Å². The highest BCUT2D eigenvalue weighted by Crippen LogP contribution is 2.49. The Balaban J connectivity index is 1.71. The highest BCUT2D eigenvalue weighted by molar-refractivity contribution is 7.47. The summed E-state index contributed by atoms with van der Waals surface area (Å²) >= 11 is 0. The van der Waals surface area contributed by atoms with Crippen LogP contribution in [0.5, 0.6) is 0 Å². The Labute approximate surface area is 461 Å². The Bertz CT molecular complexity index is 1560. The van der Waals surface area contributed by atoms with Crippen molar-refractivity contribution in [2.45, 2.75) is 304 Å². The summed E-state index contributed by atoms with van der Waals surface area (Å²) in [5.41, 5.74) is 0. The lowest BCUT2D eigenvalue weighted by atomic mass is 9.84. The molecule has 3 aliphatic rings. The van der Waals surface area contributed by atoms with Crippen LogP contribution in [0.2, 0.25) is 0 Å². The van der Waals surface area contributed by atoms with Crippen LogP contribution in [0.4, 0.5) is 0 Å². The summed E-state index contributed by atoms with van der Waals surface area (Å²) in [7, 11) is -5.63. The van der Waals surface area contributed by atoms with Gasteiger partial charge in [0, 0.05) is 12.8 Å². The second kappa shape index (κ2) is 39.8. The maximum Gasteiger partial charge on any atom is 0.472 e. The van der Waals surface area contributed by atoms with E-state index in [2.05, 4.69) is 13.8 Å². The van der Waals surface area contributed by atoms with Crippen LogP contribution >= 0.6 is 7.82 Å². The van der Waals surface area contributed by atoms with Crippen molar-refractivity contribution in [2.24, 2.45) is 0 Å². The summed E-state index contributed by atoms with van der Waals surface area (Å²) < 4.78 is 58.1. The number of unbranched alkanes of at least 4 members (excludes halogenated alkanes) is 25. The lowest BCUT2D eigenvalue weighted by Gasteiger charge is -2.49. The third-order valence-electron chi connectivity index (χ3n) is 14.9. The van der Waals surface area contributed by atoms with Crippen molar-refractivity contribution >= 4 is 19.8 Å². The molecular weight excluding hydrogens is 1050 g/mol. The first-order chi connectivity index (χ1) is 37.4. The highest BCUT2D eigenvalue weighted by atomic mass is 31.2. The topological polar surface area (TPSA) is 368 Å². The predicted molar refractivity (Wildman–Crippen MR) is 282 cm³/mol. The molecule has 2 heterocycles. The third-order valence-corrected chi connectivity index (χ3v) is 15.9. The van der Waals surface area contributed by atoms with Gasteiger partial charge in [0.1, 0.15) is 92.1 Å². The molecule has 1 aliphatic carbocycles. The zero-order valence-electron chi connectivity index (χ0n) is 46.5. The molecule has 2 saturated heterocycles. The number of aliphatic hydroxyl groups excluding tert-OH is 11. The molecule has 12 N–H and O–H groups in total. The molecule has 23 nitrogen and oxygen atoms in total. The molecule has 3 rings (SSSR count). The molecule has 0 aromatic rings. The third kappa shape index (κ3) is 25.5. The Hall–Kier alpha value is -1.55. The van der Waals surface area contributed by atoms with E-state index in [4.69, 9.17) is 37.5 Å². The van der Waals surface area contributed by atoms with E-state index in [0.717, 1.165) is 57.8 Å². The van der Waals surface area contributed by atoms with Crippen LogP contribution in [0.15, 0.2) is 0 Å². The van der Waals surface area contributed by atoms with Crippen LogP contribution in [0.25, 0.3) is 0 Å². The number of carbonyl (C=O) groups excluding carboxylic acids is 2. The van der Waals surface area contributed by atoms with E-state index >= 15 is 0 Å². The van der Waals surface area contributed by atoms with Gasteiger partial charge in [0.15, 0.2) is 18.7 Å². The summed E-state index contributed by atoms with van der Waals surface area (Å²) in [5, 5.41) is 117. The number of aliphatic hydroxyl groups is 11. The number of phosphoric acid groups is 1. The molecule has 0 bridgehead atoms. The van der Waals surface area contributed by atoms with Gasteiger partial charge in [-0.3, -0.25) is 18.6 Å². The number of hydrogen-bond acceptors (Lipinski definition) is 22. The summed E-state index contributed by atoms with van der Waals surface area (Å²) in [6.07, 6.45) is -4.82. The fraction of sp³-hybridized carbons (Fsp3) is 0.963. The van der Waals surface area contributed by atoms with Gasteiger partial charge < -0.3 is 89.5 Å². The Morgan fingerprint density at radius 3 is 1.13 bits per heavy atom. The van der Waals surface area contributed by atoms with Gasteiger partial charge in [-0.1, -0.05) is 174 Å². The molecule has 1 saturated carbocycles. The first-order valence-corrected chi connectivity index (χ1v) is 30.9. The molecule has 0 aromatic heterocycles. The SMILES string of the molecule is CCCCCCCCCCCCCCCCC(=O)OCC(COP(=O)(O)OC1C(OC2OC(CO)C(O)C(O)C2O)C(O)C(O)C(O)C1OC1OC(CO)C(O)C(O)C1O)OC(=O)CCCCCCCCCCCCCCC. The van der Waals surface area contributed by atoms with Gasteiger partial charge in [0.2, 0.25) is 0 Å². The molecule has 0 aromatic carbocycles. The molecular formula is C54H101O23P. The monoisotopic (exact) mass is 1150 g/mol. The molecule has 24 heteroatoms. The quantitative estimate of drug-likeness (QED) is 0.0235. The van der Waals surface area contributed by atoms with Crippen molar-refractivity contribution in [3.05, 3.63) is 0 Å². The fourth-order valence-electron chi connectivity index (χ4n) is 10.0. The average molecular weight is 1150 g/mol. The van der Waals surface area contributed by atoms with Crippen LogP contribution in [0, 0.1) is 0 Å². The second-order valence-corrected chi connectivity index (χ2v) is 22.9. The summed E-state index contributed by atoms with van der Waals surface area (Å²) in [6, 6.07) is 0. The molecule has 460 valence electrons. The molecule has 78 heavy (non-hydrogen) atoms. The lowest BCUT2D eigenvalue weighted by molar-refractivity contribution is -0.360. The summed E-state index contributed by atoms with van der Waals surface area (Å²) in [6.45, 7) is 1.02. The Morgan fingerprint density at radius 2 is 0.769 bits per heavy atom. The first-order valence-electron chi connectivity index (χ1n) is 29.4. The minimum Gasteiger partial charge on any atom is -0.462 e. The van der Waals surface area contributed by atoms with E-state index in [-0.39, 0.29) is 12.8 Å². The molecule has 0 radical (unpaired) electrons. The molecule has 2 aliphatic heterocycles. The molecule has 16 unspecified atom stereocenters. The summed E-state index contributed by atoms with van der Waals surface area (Å²) in [4.78, 5) is 37.5. The lowest BCUT2D eigenvalue weighted by Crippen LogP contribution is -2.69. The maximum atomic E-state index is 14.0. The molecule has 3 fully saturated rings. The van der Waals surface area contributed by atoms with Crippen molar-refractivity contribution in [3.63, 3.8) is 0 Å². The zero-order chi connectivity index (χ0) is 57.5. The van der Waals surface area contributed by atoms with Gasteiger partial charge >= 0.3 is 19.8 Å². The van der Waals surface area contributed by atoms with Gasteiger partial charge in [0.05, 0.1) is 19.8 Å². The smallest absolute Gasteiger partial charge is 0.462 e. The minimum absolute atomic E-state index is 0.0251. The van der Waals surface area contributed by atoms with Crippen LogP contribution in [0.3, 0.4) is 0 Å². The normalized spacial score (nSPS) is 31.7. The van der Waals surface area contributed by atoms with Crippen molar-refractivity contribution in [2.75, 3.05) is 26.4 Å². The maximum absolute atomic E-state index is 14.0. The highest BCUT2D eigenvalue weighted by Gasteiger charge is 2.58. The van der Waals surface area contributed by atoms with Crippen LogP contribution in [-0.2, 0) is 51.6 Å². The largest absolute Gasteiger partial charge is 0.472 e. The predicted octanol–water partition coefficient (Wildman–Crippen LogP) is 3.76. The van der Waals surface area contributed by atoms with Crippen molar-refractivity contribution in [1.82, 2.24) is 0 Å². The van der Waals surface area contributed by atoms with E-state index in [1.54, 1.807) is 0 Å². The van der Waals surface area contributed by atoms with Crippen LogP contribution in [-0.4, -0.2) is 204 Å². The van der Waals surface area contributed by atoms with Gasteiger partial charge in [-0.25, -0.2) is 4.57 Å². The van der Waals surface area contributed by atoms with Crippen LogP contribution < -0.4 is 0 Å². The van der Waals surface area contributed by atoms with Gasteiger partial charge in [-0.05, 0) is 12.8 Å². The minimum atomic E-state index is -5.63. The van der Waals surface area contributed by atoms with E-state index in [0.29, 0.717) is 12.8 Å². The van der Waals surface area contributed by atoms with Crippen molar-refractivity contribution in [3.8, 4) is 0 Å². The number of ether oxygens (including phenoxy) is 6. The number of hydrogen-bond donors (Lipinski definition) is 12. The number of carbonyl (C=O) groups is 2.